The smallest absolute Gasteiger partial charge is 0.214 e. The van der Waals surface area contributed by atoms with Gasteiger partial charge >= 0.3 is 0 Å². The fraction of sp³-hybridized carbons (Fsp3) is 0.600. The average Bonchev–Trinajstić information content (AvgIpc) is 2.69. The van der Waals surface area contributed by atoms with Crippen LogP contribution in [0.5, 0.6) is 0 Å². The molecule has 15 heavy (non-hydrogen) atoms. The molecule has 0 fully saturated rings. The molecule has 0 spiro atoms. The van der Waals surface area contributed by atoms with E-state index in [2.05, 4.69) is 4.72 Å². The first-order chi connectivity index (χ1) is 7.10. The van der Waals surface area contributed by atoms with Crippen molar-refractivity contribution in [1.82, 2.24) is 4.72 Å². The molecule has 0 saturated heterocycles. The van der Waals surface area contributed by atoms with Crippen molar-refractivity contribution in [1.29, 1.82) is 0 Å². The Kier molecular flexibility index (Phi) is 4.35. The number of hydrogen-bond acceptors (Lipinski definition) is 3. The van der Waals surface area contributed by atoms with Crippen LogP contribution >= 0.6 is 0 Å². The lowest BCUT2D eigenvalue weighted by atomic mass is 10.3. The number of sulfonamides is 1. The lowest BCUT2D eigenvalue weighted by molar-refractivity contribution is 0.495. The van der Waals surface area contributed by atoms with Crippen molar-refractivity contribution in [2.24, 2.45) is 0 Å². The zero-order valence-corrected chi connectivity index (χ0v) is 9.88. The van der Waals surface area contributed by atoms with Gasteiger partial charge in [0.05, 0.1) is 18.1 Å². The minimum absolute atomic E-state index is 0.228. The number of furan rings is 1. The molecule has 5 heteroatoms. The Labute approximate surface area is 90.7 Å². The molecule has 1 aromatic rings. The molecule has 0 aliphatic rings. The Hall–Kier alpha value is -0.810. The molecule has 1 aromatic heterocycles. The van der Waals surface area contributed by atoms with Crippen molar-refractivity contribution in [2.75, 3.05) is 0 Å². The molecule has 86 valence electrons. The summed E-state index contributed by atoms with van der Waals surface area (Å²) in [6.45, 7) is 3.98. The second-order valence-corrected chi connectivity index (χ2v) is 5.43. The Morgan fingerprint density at radius 3 is 2.53 bits per heavy atom. The molecule has 0 aromatic carbocycles. The van der Waals surface area contributed by atoms with Gasteiger partial charge in [-0.3, -0.25) is 0 Å². The molecule has 0 unspecified atom stereocenters. The lowest BCUT2D eigenvalue weighted by Crippen LogP contribution is -2.33. The molecule has 1 N–H and O–H groups in total. The maximum Gasteiger partial charge on any atom is 0.214 e. The van der Waals surface area contributed by atoms with Gasteiger partial charge in [-0.05, 0) is 25.0 Å². The van der Waals surface area contributed by atoms with Crippen LogP contribution < -0.4 is 4.72 Å². The summed E-state index contributed by atoms with van der Waals surface area (Å²) < 4.78 is 31.1. The standard InChI is InChI=1S/C10H17NO3S/c1-3-10(4-2)15(12,13)11-8-9-6-5-7-14-9/h5-7,10-11H,3-4,8H2,1-2H3. The third-order valence-electron chi connectivity index (χ3n) is 2.38. The summed E-state index contributed by atoms with van der Waals surface area (Å²) in [6.07, 6.45) is 2.79. The van der Waals surface area contributed by atoms with Crippen LogP contribution in [0.2, 0.25) is 0 Å². The van der Waals surface area contributed by atoms with Gasteiger partial charge in [0.1, 0.15) is 5.76 Å². The van der Waals surface area contributed by atoms with E-state index in [1.165, 1.54) is 6.26 Å². The number of rotatable bonds is 6. The highest BCUT2D eigenvalue weighted by atomic mass is 32.2. The summed E-state index contributed by atoms with van der Waals surface area (Å²) in [5.74, 6) is 0.629. The van der Waals surface area contributed by atoms with Crippen molar-refractivity contribution in [2.45, 2.75) is 38.5 Å². The Bertz CT molecular complexity index is 365. The minimum atomic E-state index is -3.21. The van der Waals surface area contributed by atoms with Gasteiger partial charge in [0.2, 0.25) is 10.0 Å². The van der Waals surface area contributed by atoms with Crippen molar-refractivity contribution >= 4 is 10.0 Å². The molecule has 1 heterocycles. The van der Waals surface area contributed by atoms with Crippen LogP contribution in [0.3, 0.4) is 0 Å². The molecule has 0 amide bonds. The third kappa shape index (κ3) is 3.35. The normalized spacial score (nSPS) is 12.2. The molecule has 0 saturated carbocycles. The molecule has 0 atom stereocenters. The number of hydrogen-bond donors (Lipinski definition) is 1. The van der Waals surface area contributed by atoms with E-state index in [4.69, 9.17) is 4.42 Å². The van der Waals surface area contributed by atoms with E-state index in [9.17, 15) is 8.42 Å². The summed E-state index contributed by atoms with van der Waals surface area (Å²) in [6, 6.07) is 3.48. The Morgan fingerprint density at radius 2 is 2.07 bits per heavy atom. The van der Waals surface area contributed by atoms with E-state index >= 15 is 0 Å². The highest BCUT2D eigenvalue weighted by molar-refractivity contribution is 7.90. The van der Waals surface area contributed by atoms with Crippen LogP contribution in [-0.4, -0.2) is 13.7 Å². The van der Waals surface area contributed by atoms with Gasteiger partial charge in [0.25, 0.3) is 0 Å². The molecule has 0 aliphatic heterocycles. The second kappa shape index (κ2) is 5.32. The summed E-state index contributed by atoms with van der Waals surface area (Å²) in [5, 5.41) is -0.313. The molecule has 1 rings (SSSR count). The van der Waals surface area contributed by atoms with Crippen molar-refractivity contribution in [3.63, 3.8) is 0 Å². The van der Waals surface area contributed by atoms with E-state index < -0.39 is 10.0 Å². The molecule has 0 aliphatic carbocycles. The number of nitrogens with one attached hydrogen (secondary N) is 1. The Morgan fingerprint density at radius 1 is 1.40 bits per heavy atom. The fourth-order valence-electron chi connectivity index (χ4n) is 1.43. The molecule has 0 bridgehead atoms. The average molecular weight is 231 g/mol. The van der Waals surface area contributed by atoms with E-state index in [1.807, 2.05) is 13.8 Å². The quantitative estimate of drug-likeness (QED) is 0.813. The summed E-state index contributed by atoms with van der Waals surface area (Å²) in [5.41, 5.74) is 0. The van der Waals surface area contributed by atoms with Crippen LogP contribution in [0.25, 0.3) is 0 Å². The van der Waals surface area contributed by atoms with E-state index in [0.717, 1.165) is 0 Å². The maximum absolute atomic E-state index is 11.7. The minimum Gasteiger partial charge on any atom is -0.468 e. The Balaban J connectivity index is 2.57. The van der Waals surface area contributed by atoms with Crippen molar-refractivity contribution in [3.05, 3.63) is 24.2 Å². The molecule has 0 radical (unpaired) electrons. The lowest BCUT2D eigenvalue weighted by Gasteiger charge is -2.13. The van der Waals surface area contributed by atoms with Gasteiger partial charge in [-0.25, -0.2) is 13.1 Å². The zero-order chi connectivity index (χ0) is 11.3. The first-order valence-corrected chi connectivity index (χ1v) is 6.65. The first-order valence-electron chi connectivity index (χ1n) is 5.11. The van der Waals surface area contributed by atoms with Crippen LogP contribution in [-0.2, 0) is 16.6 Å². The predicted molar refractivity (Wildman–Crippen MR) is 58.8 cm³/mol. The van der Waals surface area contributed by atoms with Crippen LogP contribution in [0, 0.1) is 0 Å². The van der Waals surface area contributed by atoms with E-state index in [0.29, 0.717) is 18.6 Å². The largest absolute Gasteiger partial charge is 0.468 e. The first kappa shape index (κ1) is 12.3. The highest BCUT2D eigenvalue weighted by Gasteiger charge is 2.21. The van der Waals surface area contributed by atoms with Gasteiger partial charge in [-0.1, -0.05) is 13.8 Å². The highest BCUT2D eigenvalue weighted by Crippen LogP contribution is 2.09. The molecule has 4 nitrogen and oxygen atoms in total. The molecular formula is C10H17NO3S. The van der Waals surface area contributed by atoms with Crippen LogP contribution in [0.15, 0.2) is 22.8 Å². The van der Waals surface area contributed by atoms with Crippen LogP contribution in [0.4, 0.5) is 0 Å². The summed E-state index contributed by atoms with van der Waals surface area (Å²) in [4.78, 5) is 0. The van der Waals surface area contributed by atoms with Gasteiger partial charge in [0.15, 0.2) is 0 Å². The van der Waals surface area contributed by atoms with Crippen molar-refractivity contribution < 1.29 is 12.8 Å². The van der Waals surface area contributed by atoms with Gasteiger partial charge in [-0.2, -0.15) is 0 Å². The zero-order valence-electron chi connectivity index (χ0n) is 9.06. The summed E-state index contributed by atoms with van der Waals surface area (Å²) in [7, 11) is -3.21. The van der Waals surface area contributed by atoms with Crippen molar-refractivity contribution in [3.8, 4) is 0 Å². The SMILES string of the molecule is CCC(CC)S(=O)(=O)NCc1ccco1. The van der Waals surface area contributed by atoms with Gasteiger partial charge < -0.3 is 4.42 Å². The van der Waals surface area contributed by atoms with E-state index in [-0.39, 0.29) is 11.8 Å². The van der Waals surface area contributed by atoms with E-state index in [1.54, 1.807) is 12.1 Å². The third-order valence-corrected chi connectivity index (χ3v) is 4.47. The van der Waals surface area contributed by atoms with Gasteiger partial charge in [0, 0.05) is 0 Å². The maximum atomic E-state index is 11.7. The topological polar surface area (TPSA) is 59.3 Å². The van der Waals surface area contributed by atoms with Crippen LogP contribution in [0.1, 0.15) is 32.4 Å². The van der Waals surface area contributed by atoms with Gasteiger partial charge in [-0.15, -0.1) is 0 Å². The second-order valence-electron chi connectivity index (χ2n) is 3.38. The molecular weight excluding hydrogens is 214 g/mol. The predicted octanol–water partition coefficient (Wildman–Crippen LogP) is 1.89. The monoisotopic (exact) mass is 231 g/mol. The fourth-order valence-corrected chi connectivity index (χ4v) is 2.89. The summed E-state index contributed by atoms with van der Waals surface area (Å²) >= 11 is 0.